The predicted octanol–water partition coefficient (Wildman–Crippen LogP) is 5.78. The second-order valence-electron chi connectivity index (χ2n) is 8.61. The summed E-state index contributed by atoms with van der Waals surface area (Å²) in [4.78, 5) is 8.95. The zero-order valence-corrected chi connectivity index (χ0v) is 22.1. The molecule has 2 aromatic carbocycles. The molecule has 1 atom stereocenters. The zero-order valence-electron chi connectivity index (χ0n) is 21.3. The van der Waals surface area contributed by atoms with Crippen LogP contribution in [0.25, 0.3) is 22.5 Å². The third-order valence-electron chi connectivity index (χ3n) is 6.10. The molecular weight excluding hydrogens is 470 g/mol. The van der Waals surface area contributed by atoms with Crippen LogP contribution >= 0.6 is 11.9 Å². The predicted molar refractivity (Wildman–Crippen MR) is 148 cm³/mol. The maximum atomic E-state index is 5.38. The summed E-state index contributed by atoms with van der Waals surface area (Å²) < 4.78 is 15.1. The lowest BCUT2D eigenvalue weighted by atomic mass is 10.0. The Morgan fingerprint density at radius 3 is 2.25 bits per heavy atom. The molecule has 1 N–H and O–H groups in total. The highest BCUT2D eigenvalue weighted by molar-refractivity contribution is 7.97. The van der Waals surface area contributed by atoms with Crippen molar-refractivity contribution >= 4 is 11.9 Å². The summed E-state index contributed by atoms with van der Waals surface area (Å²) in [6.07, 6.45) is 11.0. The minimum Gasteiger partial charge on any atom is -0.497 e. The number of nitrogens with one attached hydrogen (secondary N) is 1. The molecule has 0 spiro atoms. The number of methoxy groups -OCH3 is 2. The van der Waals surface area contributed by atoms with E-state index in [2.05, 4.69) is 50.0 Å². The quantitative estimate of drug-likeness (QED) is 0.219. The molecule has 2 aromatic heterocycles. The van der Waals surface area contributed by atoms with Crippen molar-refractivity contribution in [1.82, 2.24) is 23.8 Å². The highest BCUT2D eigenvalue weighted by Crippen LogP contribution is 2.35. The van der Waals surface area contributed by atoms with Crippen LogP contribution in [0.15, 0.2) is 73.6 Å². The van der Waals surface area contributed by atoms with Crippen molar-refractivity contribution in [2.24, 2.45) is 0 Å². The van der Waals surface area contributed by atoms with E-state index in [1.807, 2.05) is 49.3 Å². The van der Waals surface area contributed by atoms with Gasteiger partial charge in [-0.3, -0.25) is 3.97 Å². The molecule has 0 saturated carbocycles. The summed E-state index contributed by atoms with van der Waals surface area (Å²) in [5.41, 5.74) is 4.20. The number of benzene rings is 2. The lowest BCUT2D eigenvalue weighted by Crippen LogP contribution is -2.32. The first-order valence-electron chi connectivity index (χ1n) is 12.4. The summed E-state index contributed by atoms with van der Waals surface area (Å²) in [7, 11) is 3.37. The molecule has 0 aliphatic rings. The molecule has 0 aliphatic heterocycles. The molecule has 0 bridgehead atoms. The van der Waals surface area contributed by atoms with Gasteiger partial charge in [0, 0.05) is 41.9 Å². The van der Waals surface area contributed by atoms with Gasteiger partial charge in [0.05, 0.1) is 31.9 Å². The fourth-order valence-corrected chi connectivity index (χ4v) is 5.21. The third-order valence-corrected chi connectivity index (χ3v) is 7.21. The van der Waals surface area contributed by atoms with E-state index in [9.17, 15) is 0 Å². The van der Waals surface area contributed by atoms with E-state index in [-0.39, 0.29) is 0 Å². The van der Waals surface area contributed by atoms with Gasteiger partial charge in [0.2, 0.25) is 0 Å². The summed E-state index contributed by atoms with van der Waals surface area (Å²) in [5, 5.41) is 3.76. The van der Waals surface area contributed by atoms with Gasteiger partial charge in [-0.15, -0.1) is 0 Å². The van der Waals surface area contributed by atoms with Crippen molar-refractivity contribution in [1.29, 1.82) is 0 Å². The Labute approximate surface area is 218 Å². The maximum absolute atomic E-state index is 5.38. The van der Waals surface area contributed by atoms with E-state index in [4.69, 9.17) is 14.5 Å². The molecule has 0 radical (unpaired) electrons. The summed E-state index contributed by atoms with van der Waals surface area (Å²) >= 11 is 1.80. The Balaban J connectivity index is 1.50. The smallest absolute Gasteiger partial charge is 0.118 e. The van der Waals surface area contributed by atoms with Crippen LogP contribution in [0.4, 0.5) is 0 Å². The number of ether oxygens (including phenoxy) is 2. The van der Waals surface area contributed by atoms with Crippen LogP contribution < -0.4 is 14.8 Å². The van der Waals surface area contributed by atoms with Crippen molar-refractivity contribution in [3.05, 3.63) is 73.6 Å². The van der Waals surface area contributed by atoms with E-state index in [1.54, 1.807) is 26.2 Å². The number of aromatic nitrogens is 4. The molecule has 4 aromatic rings. The van der Waals surface area contributed by atoms with Gasteiger partial charge in [0.15, 0.2) is 0 Å². The average Bonchev–Trinajstić information content (AvgIpc) is 3.60. The average molecular weight is 506 g/mol. The second-order valence-corrected chi connectivity index (χ2v) is 9.60. The highest BCUT2D eigenvalue weighted by atomic mass is 32.2. The molecule has 1 unspecified atom stereocenters. The standard InChI is InChI=1S/C28H35N5O2S/c1-4-6-24(30-15-5-17-32-18-16-29-20-32)19-36-33-21-31-27(22-7-11-25(34-2)12-8-22)28(33)23-9-13-26(35-3)14-10-23/h7-14,16,18,20-21,24,30H,4-6,15,17,19H2,1-3H3. The first-order valence-corrected chi connectivity index (χ1v) is 13.3. The van der Waals surface area contributed by atoms with Crippen LogP contribution in [0, 0.1) is 0 Å². The van der Waals surface area contributed by atoms with Gasteiger partial charge in [-0.1, -0.05) is 13.3 Å². The van der Waals surface area contributed by atoms with Crippen molar-refractivity contribution in [2.45, 2.75) is 38.8 Å². The molecule has 8 heteroatoms. The number of imidazole rings is 2. The van der Waals surface area contributed by atoms with Gasteiger partial charge in [0.25, 0.3) is 0 Å². The van der Waals surface area contributed by atoms with E-state index in [0.717, 1.165) is 72.1 Å². The van der Waals surface area contributed by atoms with Gasteiger partial charge in [-0.2, -0.15) is 0 Å². The second kappa shape index (κ2) is 13.2. The van der Waals surface area contributed by atoms with Gasteiger partial charge >= 0.3 is 0 Å². The van der Waals surface area contributed by atoms with Crippen LogP contribution in [-0.2, 0) is 6.54 Å². The Morgan fingerprint density at radius 2 is 1.64 bits per heavy atom. The number of hydrogen-bond donors (Lipinski definition) is 1. The lowest BCUT2D eigenvalue weighted by molar-refractivity contribution is 0.414. The summed E-state index contributed by atoms with van der Waals surface area (Å²) in [5.74, 6) is 2.63. The van der Waals surface area contributed by atoms with Crippen LogP contribution in [0.2, 0.25) is 0 Å². The van der Waals surface area contributed by atoms with Crippen LogP contribution in [0.1, 0.15) is 26.2 Å². The Bertz CT molecular complexity index is 1170. The summed E-state index contributed by atoms with van der Waals surface area (Å²) in [6.45, 7) is 4.20. The van der Waals surface area contributed by atoms with E-state index in [1.165, 1.54) is 0 Å². The fraction of sp³-hybridized carbons (Fsp3) is 0.357. The van der Waals surface area contributed by atoms with Crippen molar-refractivity contribution in [2.75, 3.05) is 26.5 Å². The number of rotatable bonds is 14. The van der Waals surface area contributed by atoms with Crippen LogP contribution in [0.3, 0.4) is 0 Å². The first-order chi connectivity index (χ1) is 17.7. The molecule has 36 heavy (non-hydrogen) atoms. The van der Waals surface area contributed by atoms with Gasteiger partial charge in [0.1, 0.15) is 17.8 Å². The van der Waals surface area contributed by atoms with Gasteiger partial charge in [-0.25, -0.2) is 9.97 Å². The topological polar surface area (TPSA) is 66.1 Å². The Kier molecular flexibility index (Phi) is 9.47. The third kappa shape index (κ3) is 6.71. The van der Waals surface area contributed by atoms with Crippen molar-refractivity contribution in [3.63, 3.8) is 0 Å². The minimum absolute atomic E-state index is 0.429. The zero-order chi connectivity index (χ0) is 25.2. The minimum atomic E-state index is 0.429. The fourth-order valence-electron chi connectivity index (χ4n) is 4.15. The summed E-state index contributed by atoms with van der Waals surface area (Å²) in [6, 6.07) is 16.7. The Morgan fingerprint density at radius 1 is 0.944 bits per heavy atom. The van der Waals surface area contributed by atoms with Gasteiger partial charge < -0.3 is 19.4 Å². The molecule has 2 heterocycles. The van der Waals surface area contributed by atoms with E-state index < -0.39 is 0 Å². The molecule has 0 aliphatic carbocycles. The van der Waals surface area contributed by atoms with Crippen molar-refractivity contribution < 1.29 is 9.47 Å². The monoisotopic (exact) mass is 505 g/mol. The largest absolute Gasteiger partial charge is 0.497 e. The van der Waals surface area contributed by atoms with Crippen LogP contribution in [0.5, 0.6) is 11.5 Å². The normalized spacial score (nSPS) is 12.0. The number of aryl methyl sites for hydroxylation is 1. The van der Waals surface area contributed by atoms with Gasteiger partial charge in [-0.05, 0) is 79.9 Å². The number of nitrogens with zero attached hydrogens (tertiary/aromatic N) is 4. The molecule has 0 amide bonds. The molecule has 4 rings (SSSR count). The molecular formula is C28H35N5O2S. The van der Waals surface area contributed by atoms with E-state index >= 15 is 0 Å². The lowest BCUT2D eigenvalue weighted by Gasteiger charge is -2.19. The number of hydrogen-bond acceptors (Lipinski definition) is 6. The van der Waals surface area contributed by atoms with E-state index in [0.29, 0.717) is 6.04 Å². The molecule has 0 fully saturated rings. The Hall–Kier alpha value is -3.23. The molecule has 7 nitrogen and oxygen atoms in total. The highest BCUT2D eigenvalue weighted by Gasteiger charge is 2.17. The van der Waals surface area contributed by atoms with Crippen LogP contribution in [-0.4, -0.2) is 51.1 Å². The molecule has 190 valence electrons. The molecule has 0 saturated heterocycles. The SMILES string of the molecule is CCCC(CSn1cnc(-c2ccc(OC)cc2)c1-c1ccc(OC)cc1)NCCCn1ccnc1. The van der Waals surface area contributed by atoms with Crippen molar-refractivity contribution in [3.8, 4) is 34.0 Å². The maximum Gasteiger partial charge on any atom is 0.118 e. The first kappa shape index (κ1) is 25.9.